The molecular formula is C26H26N2O2. The molecule has 30 heavy (non-hydrogen) atoms. The molecule has 0 bridgehead atoms. The molecule has 0 radical (unpaired) electrons. The third-order valence-electron chi connectivity index (χ3n) is 5.64. The van der Waals surface area contributed by atoms with Crippen molar-refractivity contribution in [3.63, 3.8) is 0 Å². The van der Waals surface area contributed by atoms with Crippen LogP contribution in [0.15, 0.2) is 77.6 Å². The Morgan fingerprint density at radius 3 is 2.30 bits per heavy atom. The van der Waals surface area contributed by atoms with E-state index in [-0.39, 0.29) is 5.56 Å². The zero-order chi connectivity index (χ0) is 21.1. The summed E-state index contributed by atoms with van der Waals surface area (Å²) in [5.74, 6) is 0.858. The predicted octanol–water partition coefficient (Wildman–Crippen LogP) is 4.81. The topological polar surface area (TPSA) is 43.3 Å². The molecule has 0 saturated heterocycles. The molecule has 0 saturated carbocycles. The third kappa shape index (κ3) is 3.62. The summed E-state index contributed by atoms with van der Waals surface area (Å²) in [6, 6.07) is 24.2. The minimum atomic E-state index is 0.0250. The van der Waals surface area contributed by atoms with Gasteiger partial charge in [-0.1, -0.05) is 60.7 Å². The molecule has 4 heteroatoms. The van der Waals surface area contributed by atoms with Gasteiger partial charge in [-0.2, -0.15) is 0 Å². The lowest BCUT2D eigenvalue weighted by Crippen LogP contribution is -2.26. The number of para-hydroxylation sites is 1. The Bertz CT molecular complexity index is 1260. The Balaban J connectivity index is 1.81. The molecule has 4 nitrogen and oxygen atoms in total. The molecule has 0 aliphatic carbocycles. The molecule has 0 spiro atoms. The summed E-state index contributed by atoms with van der Waals surface area (Å²) >= 11 is 0. The highest BCUT2D eigenvalue weighted by Crippen LogP contribution is 2.32. The number of fused-ring (bicyclic) bond motifs is 1. The van der Waals surface area contributed by atoms with Crippen LogP contribution in [0.2, 0.25) is 0 Å². The van der Waals surface area contributed by atoms with E-state index in [1.807, 2.05) is 67.7 Å². The number of aryl methyl sites for hydroxylation is 1. The lowest BCUT2D eigenvalue weighted by molar-refractivity contribution is 0.407. The van der Waals surface area contributed by atoms with Crippen LogP contribution in [0.1, 0.15) is 16.8 Å². The van der Waals surface area contributed by atoms with Crippen molar-refractivity contribution in [2.24, 2.45) is 7.05 Å². The summed E-state index contributed by atoms with van der Waals surface area (Å²) in [6.45, 7) is 3.33. The first kappa shape index (κ1) is 19.9. The van der Waals surface area contributed by atoms with Crippen molar-refractivity contribution in [3.05, 3.63) is 100.0 Å². The van der Waals surface area contributed by atoms with Gasteiger partial charge >= 0.3 is 0 Å². The van der Waals surface area contributed by atoms with Crippen LogP contribution in [0, 0.1) is 6.92 Å². The van der Waals surface area contributed by atoms with Gasteiger partial charge in [0.15, 0.2) is 0 Å². The fourth-order valence-electron chi connectivity index (χ4n) is 4.04. The highest BCUT2D eigenvalue weighted by atomic mass is 16.5. The van der Waals surface area contributed by atoms with Crippen LogP contribution in [-0.2, 0) is 20.1 Å². The number of nitrogens with zero attached hydrogens (tertiary/aromatic N) is 1. The van der Waals surface area contributed by atoms with Crippen LogP contribution in [0.25, 0.3) is 21.9 Å². The van der Waals surface area contributed by atoms with Gasteiger partial charge in [0, 0.05) is 42.3 Å². The van der Waals surface area contributed by atoms with Crippen molar-refractivity contribution < 1.29 is 4.74 Å². The van der Waals surface area contributed by atoms with Gasteiger partial charge in [-0.05, 0) is 35.6 Å². The van der Waals surface area contributed by atoms with Crippen molar-refractivity contribution in [2.75, 3.05) is 7.11 Å². The molecule has 0 fully saturated rings. The first-order chi connectivity index (χ1) is 14.6. The van der Waals surface area contributed by atoms with Crippen LogP contribution < -0.4 is 15.6 Å². The minimum absolute atomic E-state index is 0.0250. The second kappa shape index (κ2) is 8.56. The Morgan fingerprint density at radius 2 is 1.53 bits per heavy atom. The van der Waals surface area contributed by atoms with Gasteiger partial charge in [0.2, 0.25) is 0 Å². The molecule has 0 atom stereocenters. The Hall–Kier alpha value is -3.37. The largest absolute Gasteiger partial charge is 0.496 e. The quantitative estimate of drug-likeness (QED) is 0.507. The summed E-state index contributed by atoms with van der Waals surface area (Å²) in [6.07, 6.45) is 0. The van der Waals surface area contributed by atoms with E-state index in [1.54, 1.807) is 11.7 Å². The number of benzene rings is 3. The minimum Gasteiger partial charge on any atom is -0.496 e. The van der Waals surface area contributed by atoms with Crippen LogP contribution in [0.4, 0.5) is 0 Å². The van der Waals surface area contributed by atoms with Crippen molar-refractivity contribution in [3.8, 4) is 16.9 Å². The molecule has 4 aromatic rings. The van der Waals surface area contributed by atoms with E-state index in [4.69, 9.17) is 4.74 Å². The van der Waals surface area contributed by atoms with Gasteiger partial charge in [0.05, 0.1) is 7.11 Å². The monoisotopic (exact) mass is 398 g/mol. The van der Waals surface area contributed by atoms with Gasteiger partial charge in [-0.3, -0.25) is 4.79 Å². The smallest absolute Gasteiger partial charge is 0.258 e. The molecule has 152 valence electrons. The third-order valence-corrected chi connectivity index (χ3v) is 5.64. The standard InChI is InChI=1S/C26H26N2O2/c1-18-10-4-6-12-20(18)25-21-13-7-8-14-22(21)26(29)28(2)23(25)17-27-16-19-11-5-9-15-24(19)30-3/h4-15,27H,16-17H2,1-3H3. The van der Waals surface area contributed by atoms with Crippen LogP contribution in [-0.4, -0.2) is 11.7 Å². The molecule has 0 amide bonds. The van der Waals surface area contributed by atoms with E-state index in [0.29, 0.717) is 13.1 Å². The summed E-state index contributed by atoms with van der Waals surface area (Å²) in [7, 11) is 3.54. The molecule has 1 aromatic heterocycles. The van der Waals surface area contributed by atoms with Crippen molar-refractivity contribution >= 4 is 10.8 Å². The van der Waals surface area contributed by atoms with E-state index < -0.39 is 0 Å². The number of methoxy groups -OCH3 is 1. The first-order valence-electron chi connectivity index (χ1n) is 10.1. The lowest BCUT2D eigenvalue weighted by Gasteiger charge is -2.19. The number of rotatable bonds is 6. The maximum Gasteiger partial charge on any atom is 0.258 e. The lowest BCUT2D eigenvalue weighted by atomic mass is 9.93. The number of nitrogens with one attached hydrogen (secondary N) is 1. The van der Waals surface area contributed by atoms with Crippen LogP contribution >= 0.6 is 0 Å². The number of hydrogen-bond acceptors (Lipinski definition) is 3. The summed E-state index contributed by atoms with van der Waals surface area (Å²) < 4.78 is 7.24. The molecule has 1 N–H and O–H groups in total. The van der Waals surface area contributed by atoms with Gasteiger partial charge in [-0.15, -0.1) is 0 Å². The van der Waals surface area contributed by atoms with Gasteiger partial charge in [0.1, 0.15) is 5.75 Å². The molecule has 3 aromatic carbocycles. The highest BCUT2D eigenvalue weighted by molar-refractivity contribution is 5.98. The molecular weight excluding hydrogens is 372 g/mol. The maximum atomic E-state index is 13.1. The second-order valence-electron chi connectivity index (χ2n) is 7.46. The first-order valence-corrected chi connectivity index (χ1v) is 10.1. The SMILES string of the molecule is COc1ccccc1CNCc1c(-c2ccccc2C)c2ccccc2c(=O)n1C. The molecule has 1 heterocycles. The van der Waals surface area contributed by atoms with E-state index in [1.165, 1.54) is 5.56 Å². The van der Waals surface area contributed by atoms with Gasteiger partial charge < -0.3 is 14.6 Å². The second-order valence-corrected chi connectivity index (χ2v) is 7.46. The average molecular weight is 399 g/mol. The zero-order valence-corrected chi connectivity index (χ0v) is 17.6. The van der Waals surface area contributed by atoms with Crippen molar-refractivity contribution in [1.82, 2.24) is 9.88 Å². The van der Waals surface area contributed by atoms with Crippen LogP contribution in [0.3, 0.4) is 0 Å². The average Bonchev–Trinajstić information content (AvgIpc) is 2.78. The Labute approximate surface area is 176 Å². The van der Waals surface area contributed by atoms with Crippen molar-refractivity contribution in [1.29, 1.82) is 0 Å². The fraction of sp³-hybridized carbons (Fsp3) is 0.192. The maximum absolute atomic E-state index is 13.1. The fourth-order valence-corrected chi connectivity index (χ4v) is 4.04. The summed E-state index contributed by atoms with van der Waals surface area (Å²) in [4.78, 5) is 13.1. The molecule has 4 rings (SSSR count). The Kier molecular flexibility index (Phi) is 5.68. The summed E-state index contributed by atoms with van der Waals surface area (Å²) in [5.41, 5.74) is 5.53. The number of pyridine rings is 1. The normalized spacial score (nSPS) is 11.0. The highest BCUT2D eigenvalue weighted by Gasteiger charge is 2.17. The van der Waals surface area contributed by atoms with E-state index in [9.17, 15) is 4.79 Å². The molecule has 0 unspecified atom stereocenters. The van der Waals surface area contributed by atoms with E-state index >= 15 is 0 Å². The molecule has 0 aliphatic heterocycles. The van der Waals surface area contributed by atoms with Gasteiger partial charge in [-0.25, -0.2) is 0 Å². The van der Waals surface area contributed by atoms with E-state index in [0.717, 1.165) is 38.9 Å². The zero-order valence-electron chi connectivity index (χ0n) is 17.6. The number of ether oxygens (including phenoxy) is 1. The molecule has 0 aliphatic rings. The summed E-state index contributed by atoms with van der Waals surface area (Å²) in [5, 5.41) is 5.25. The van der Waals surface area contributed by atoms with Crippen LogP contribution in [0.5, 0.6) is 5.75 Å². The Morgan fingerprint density at radius 1 is 0.867 bits per heavy atom. The van der Waals surface area contributed by atoms with Crippen molar-refractivity contribution in [2.45, 2.75) is 20.0 Å². The number of aromatic nitrogens is 1. The number of hydrogen-bond donors (Lipinski definition) is 1. The van der Waals surface area contributed by atoms with Gasteiger partial charge in [0.25, 0.3) is 5.56 Å². The predicted molar refractivity (Wildman–Crippen MR) is 123 cm³/mol. The van der Waals surface area contributed by atoms with E-state index in [2.05, 4.69) is 24.4 Å².